The summed E-state index contributed by atoms with van der Waals surface area (Å²) in [6.45, 7) is 12.6. The van der Waals surface area contributed by atoms with Gasteiger partial charge in [0.2, 0.25) is 0 Å². The van der Waals surface area contributed by atoms with E-state index in [1.54, 1.807) is 6.92 Å². The quantitative estimate of drug-likeness (QED) is 0.234. The first kappa shape index (κ1) is 18.2. The predicted molar refractivity (Wildman–Crippen MR) is 87.8 cm³/mol. The van der Waals surface area contributed by atoms with E-state index >= 15 is 0 Å². The van der Waals surface area contributed by atoms with Gasteiger partial charge >= 0.3 is 5.97 Å². The molecule has 19 heavy (non-hydrogen) atoms. The molecule has 0 aromatic carbocycles. The monoisotopic (exact) mass is 342 g/mol. The molecular formula is C15H23BrO2Si. The van der Waals surface area contributed by atoms with Gasteiger partial charge in [-0.2, -0.15) is 0 Å². The van der Waals surface area contributed by atoms with Gasteiger partial charge in [0.05, 0.1) is 6.61 Å². The maximum absolute atomic E-state index is 11.7. The summed E-state index contributed by atoms with van der Waals surface area (Å²) in [5.41, 5.74) is 3.96. The van der Waals surface area contributed by atoms with E-state index in [9.17, 15) is 4.79 Å². The Kier molecular flexibility index (Phi) is 8.78. The molecule has 0 bridgehead atoms. The van der Waals surface area contributed by atoms with E-state index < -0.39 is 8.07 Å². The van der Waals surface area contributed by atoms with Crippen molar-refractivity contribution in [1.29, 1.82) is 0 Å². The first-order valence-corrected chi connectivity index (χ1v) is 10.7. The highest BCUT2D eigenvalue weighted by Crippen LogP contribution is 2.17. The molecule has 0 unspecified atom stereocenters. The first-order chi connectivity index (χ1) is 8.76. The Labute approximate surface area is 126 Å². The van der Waals surface area contributed by atoms with Gasteiger partial charge in [0.1, 0.15) is 8.07 Å². The van der Waals surface area contributed by atoms with Crippen LogP contribution in [0.5, 0.6) is 0 Å². The molecular weight excluding hydrogens is 320 g/mol. The van der Waals surface area contributed by atoms with Gasteiger partial charge in [0, 0.05) is 18.4 Å². The van der Waals surface area contributed by atoms with E-state index in [-0.39, 0.29) is 5.97 Å². The number of ether oxygens (including phenoxy) is 1. The molecule has 0 aromatic rings. The highest BCUT2D eigenvalue weighted by molar-refractivity contribution is 9.11. The Morgan fingerprint density at radius 2 is 2.05 bits per heavy atom. The molecule has 0 saturated heterocycles. The van der Waals surface area contributed by atoms with Crippen molar-refractivity contribution in [3.63, 3.8) is 0 Å². The van der Waals surface area contributed by atoms with E-state index in [1.165, 1.54) is 0 Å². The Morgan fingerprint density at radius 1 is 1.42 bits per heavy atom. The third-order valence-corrected chi connectivity index (χ3v) is 3.25. The van der Waals surface area contributed by atoms with Crippen molar-refractivity contribution in [2.24, 2.45) is 0 Å². The SMILES string of the molecule is C=C(Br)C/C(=C/CCC#C[Si](C)(C)C)C(=O)OCC. The largest absolute Gasteiger partial charge is 0.463 e. The standard InChI is InChI=1S/C15H23BrO2Si/c1-6-18-15(17)14(12-13(2)16)10-8-7-9-11-19(3,4)5/h10H,2,6-8,12H2,1,3-5H3/b14-10-. The second kappa shape index (κ2) is 9.16. The fourth-order valence-corrected chi connectivity index (χ4v) is 2.26. The second-order valence-electron chi connectivity index (χ2n) is 5.23. The third-order valence-electron chi connectivity index (χ3n) is 2.04. The zero-order valence-corrected chi connectivity index (χ0v) is 14.9. The molecule has 106 valence electrons. The van der Waals surface area contributed by atoms with Crippen LogP contribution in [-0.2, 0) is 9.53 Å². The van der Waals surface area contributed by atoms with E-state index in [2.05, 4.69) is 53.6 Å². The molecule has 0 spiro atoms. The number of allylic oxidation sites excluding steroid dienone is 2. The van der Waals surface area contributed by atoms with Crippen LogP contribution >= 0.6 is 15.9 Å². The number of hydrogen-bond donors (Lipinski definition) is 0. The maximum Gasteiger partial charge on any atom is 0.334 e. The van der Waals surface area contributed by atoms with Gasteiger partial charge in [-0.05, 0) is 17.8 Å². The number of carbonyl (C=O) groups is 1. The van der Waals surface area contributed by atoms with Gasteiger partial charge in [-0.1, -0.05) is 48.2 Å². The van der Waals surface area contributed by atoms with Crippen LogP contribution in [0.25, 0.3) is 0 Å². The van der Waals surface area contributed by atoms with Crippen LogP contribution in [0.15, 0.2) is 22.7 Å². The summed E-state index contributed by atoms with van der Waals surface area (Å²) >= 11 is 3.28. The molecule has 0 aliphatic carbocycles. The number of rotatable bonds is 6. The van der Waals surface area contributed by atoms with Crippen LogP contribution < -0.4 is 0 Å². The van der Waals surface area contributed by atoms with Crippen molar-refractivity contribution in [3.05, 3.63) is 22.7 Å². The molecule has 0 N–H and O–H groups in total. The topological polar surface area (TPSA) is 26.3 Å². The summed E-state index contributed by atoms with van der Waals surface area (Å²) in [5.74, 6) is 2.92. The lowest BCUT2D eigenvalue weighted by Gasteiger charge is -2.06. The van der Waals surface area contributed by atoms with E-state index in [0.29, 0.717) is 18.6 Å². The average Bonchev–Trinajstić information content (AvgIpc) is 2.25. The molecule has 0 amide bonds. The Morgan fingerprint density at radius 3 is 2.53 bits per heavy atom. The Hall–Kier alpha value is -0.793. The fourth-order valence-electron chi connectivity index (χ4n) is 1.30. The van der Waals surface area contributed by atoms with Crippen LogP contribution in [0.4, 0.5) is 0 Å². The molecule has 0 saturated carbocycles. The molecule has 0 rings (SSSR count). The molecule has 0 fully saturated rings. The van der Waals surface area contributed by atoms with Gasteiger partial charge in [0.25, 0.3) is 0 Å². The van der Waals surface area contributed by atoms with Gasteiger partial charge in [-0.25, -0.2) is 4.79 Å². The van der Waals surface area contributed by atoms with E-state index in [4.69, 9.17) is 4.74 Å². The molecule has 0 aromatic heterocycles. The van der Waals surface area contributed by atoms with E-state index in [1.807, 2.05) is 6.08 Å². The van der Waals surface area contributed by atoms with Gasteiger partial charge in [0.15, 0.2) is 0 Å². The molecule has 2 nitrogen and oxygen atoms in total. The van der Waals surface area contributed by atoms with Gasteiger partial charge in [-0.3, -0.25) is 0 Å². The molecule has 0 radical (unpaired) electrons. The summed E-state index contributed by atoms with van der Waals surface area (Å²) in [6, 6.07) is 0. The summed E-state index contributed by atoms with van der Waals surface area (Å²) in [5, 5.41) is 0. The lowest BCUT2D eigenvalue weighted by atomic mass is 10.1. The Bertz CT molecular complexity index is 408. The van der Waals surface area contributed by atoms with Crippen LogP contribution in [0.1, 0.15) is 26.2 Å². The van der Waals surface area contributed by atoms with Crippen LogP contribution in [0.2, 0.25) is 19.6 Å². The minimum absolute atomic E-state index is 0.263. The van der Waals surface area contributed by atoms with Crippen molar-refractivity contribution in [2.45, 2.75) is 45.8 Å². The average molecular weight is 343 g/mol. The number of hydrogen-bond acceptors (Lipinski definition) is 2. The molecule has 0 aliphatic heterocycles. The van der Waals surface area contributed by atoms with Crippen molar-refractivity contribution in [2.75, 3.05) is 6.61 Å². The zero-order valence-electron chi connectivity index (χ0n) is 12.3. The lowest BCUT2D eigenvalue weighted by Crippen LogP contribution is -2.16. The number of unbranched alkanes of at least 4 members (excludes halogenated alkanes) is 1. The molecule has 4 heteroatoms. The minimum Gasteiger partial charge on any atom is -0.463 e. The van der Waals surface area contributed by atoms with Crippen molar-refractivity contribution >= 4 is 30.0 Å². The first-order valence-electron chi connectivity index (χ1n) is 6.45. The molecule has 0 atom stereocenters. The fraction of sp³-hybridized carbons (Fsp3) is 0.533. The van der Waals surface area contributed by atoms with Crippen LogP contribution in [0, 0.1) is 11.5 Å². The summed E-state index contributed by atoms with van der Waals surface area (Å²) in [4.78, 5) is 11.7. The Balaban J connectivity index is 4.51. The van der Waals surface area contributed by atoms with Gasteiger partial charge < -0.3 is 4.74 Å². The highest BCUT2D eigenvalue weighted by atomic mass is 79.9. The maximum atomic E-state index is 11.7. The van der Waals surface area contributed by atoms with E-state index in [0.717, 1.165) is 17.3 Å². The second-order valence-corrected chi connectivity index (χ2v) is 11.1. The minimum atomic E-state index is -1.29. The number of halogens is 1. The predicted octanol–water partition coefficient (Wildman–Crippen LogP) is 4.44. The van der Waals surface area contributed by atoms with Gasteiger partial charge in [-0.15, -0.1) is 11.5 Å². The van der Waals surface area contributed by atoms with Crippen LogP contribution in [0.3, 0.4) is 0 Å². The zero-order chi connectivity index (χ0) is 14.9. The molecule has 0 aliphatic rings. The summed E-state index contributed by atoms with van der Waals surface area (Å²) in [6.07, 6.45) is 3.96. The molecule has 0 heterocycles. The summed E-state index contributed by atoms with van der Waals surface area (Å²) < 4.78 is 5.80. The number of esters is 1. The normalized spacial score (nSPS) is 11.5. The highest BCUT2D eigenvalue weighted by Gasteiger charge is 2.10. The van der Waals surface area contributed by atoms with Crippen molar-refractivity contribution in [3.8, 4) is 11.5 Å². The van der Waals surface area contributed by atoms with Crippen molar-refractivity contribution in [1.82, 2.24) is 0 Å². The lowest BCUT2D eigenvalue weighted by molar-refractivity contribution is -0.138. The van der Waals surface area contributed by atoms with Crippen LogP contribution in [-0.4, -0.2) is 20.7 Å². The number of carbonyl (C=O) groups excluding carboxylic acids is 1. The third kappa shape index (κ3) is 10.8. The van der Waals surface area contributed by atoms with Crippen molar-refractivity contribution < 1.29 is 9.53 Å². The summed E-state index contributed by atoms with van der Waals surface area (Å²) in [7, 11) is -1.29. The smallest absolute Gasteiger partial charge is 0.334 e.